The Morgan fingerprint density at radius 2 is 1.78 bits per heavy atom. The molecule has 6 aromatic rings. The number of pyridine rings is 3. The van der Waals surface area contributed by atoms with Crippen molar-refractivity contribution in [2.24, 2.45) is 5.92 Å². The smallest absolute Gasteiger partial charge is 0.227 e. The maximum Gasteiger partial charge on any atom is 0.227 e. The number of aromatic nitrogens is 7. The summed E-state index contributed by atoms with van der Waals surface area (Å²) in [6.45, 7) is 0. The van der Waals surface area contributed by atoms with Crippen LogP contribution < -0.4 is 5.32 Å². The van der Waals surface area contributed by atoms with Crippen molar-refractivity contribution in [3.05, 3.63) is 73.1 Å². The van der Waals surface area contributed by atoms with E-state index in [2.05, 4.69) is 30.5 Å². The molecule has 0 bridgehead atoms. The van der Waals surface area contributed by atoms with Crippen LogP contribution in [0.4, 0.5) is 10.1 Å². The quantitative estimate of drug-likeness (QED) is 0.308. The van der Waals surface area contributed by atoms with Crippen molar-refractivity contribution >= 4 is 33.7 Å². The molecule has 0 saturated heterocycles. The lowest BCUT2D eigenvalue weighted by Gasteiger charge is -2.06. The predicted molar refractivity (Wildman–Crippen MR) is 137 cm³/mol. The van der Waals surface area contributed by atoms with E-state index in [0.29, 0.717) is 50.6 Å². The first-order valence-electron chi connectivity index (χ1n) is 11.8. The lowest BCUT2D eigenvalue weighted by molar-refractivity contribution is -0.117. The summed E-state index contributed by atoms with van der Waals surface area (Å²) in [6, 6.07) is 12.1. The van der Waals surface area contributed by atoms with Crippen LogP contribution in [-0.2, 0) is 4.79 Å². The highest BCUT2D eigenvalue weighted by molar-refractivity contribution is 5.96. The molecule has 1 aromatic carbocycles. The van der Waals surface area contributed by atoms with E-state index in [1.807, 2.05) is 18.2 Å². The van der Waals surface area contributed by atoms with Crippen LogP contribution in [0.25, 0.3) is 56.0 Å². The number of H-pyrrole nitrogens is 2. The van der Waals surface area contributed by atoms with Gasteiger partial charge < -0.3 is 10.3 Å². The average Bonchev–Trinajstić information content (AvgIpc) is 3.55. The first kappa shape index (κ1) is 21.3. The van der Waals surface area contributed by atoms with Gasteiger partial charge >= 0.3 is 0 Å². The molecule has 0 unspecified atom stereocenters. The third-order valence-corrected chi connectivity index (χ3v) is 6.44. The van der Waals surface area contributed by atoms with Gasteiger partial charge in [0.25, 0.3) is 0 Å². The van der Waals surface area contributed by atoms with E-state index in [9.17, 15) is 9.18 Å². The number of hydrogen-bond donors (Lipinski definition) is 3. The number of amides is 1. The third kappa shape index (κ3) is 3.79. The molecule has 10 heteroatoms. The van der Waals surface area contributed by atoms with Crippen LogP contribution in [0.2, 0.25) is 0 Å². The van der Waals surface area contributed by atoms with Crippen LogP contribution in [0.15, 0.2) is 67.3 Å². The molecule has 1 fully saturated rings. The Morgan fingerprint density at radius 1 is 0.919 bits per heavy atom. The van der Waals surface area contributed by atoms with Crippen molar-refractivity contribution < 1.29 is 9.18 Å². The first-order valence-corrected chi connectivity index (χ1v) is 11.8. The average molecular weight is 491 g/mol. The summed E-state index contributed by atoms with van der Waals surface area (Å²) in [4.78, 5) is 33.5. The molecule has 5 aromatic heterocycles. The van der Waals surface area contributed by atoms with Crippen molar-refractivity contribution in [1.29, 1.82) is 0 Å². The van der Waals surface area contributed by atoms with Gasteiger partial charge in [-0.2, -0.15) is 5.10 Å². The van der Waals surface area contributed by atoms with E-state index < -0.39 is 0 Å². The summed E-state index contributed by atoms with van der Waals surface area (Å²) in [7, 11) is 0. The molecule has 7 rings (SSSR count). The number of imidazole rings is 1. The number of aromatic amines is 2. The highest BCUT2D eigenvalue weighted by Crippen LogP contribution is 2.33. The predicted octanol–water partition coefficient (Wildman–Crippen LogP) is 5.11. The van der Waals surface area contributed by atoms with Crippen LogP contribution in [-0.4, -0.2) is 41.0 Å². The second-order valence-corrected chi connectivity index (χ2v) is 9.04. The number of nitrogens with one attached hydrogen (secondary N) is 3. The standard InChI is InChI=1S/C27H19FN8O/c28-19-4-2-1-3-17(19)18-12-30-13-22-23(18)34-26(33-22)25-24-21(35-36-25)8-7-20(32-24)15-9-16(11-29-10-15)31-27(37)14-5-6-14/h1-4,7-14H,5-6H2,(H,31,37)(H,33,34)(H,35,36). The van der Waals surface area contributed by atoms with Gasteiger partial charge in [-0.25, -0.2) is 14.4 Å². The highest BCUT2D eigenvalue weighted by Gasteiger charge is 2.29. The Balaban J connectivity index is 1.29. The fourth-order valence-corrected chi connectivity index (χ4v) is 4.38. The maximum atomic E-state index is 14.5. The van der Waals surface area contributed by atoms with Crippen LogP contribution >= 0.6 is 0 Å². The SMILES string of the molecule is O=C(Nc1cncc(-c2ccc3[nH]nc(-c4nc5c(-c6ccccc6F)cncc5[nH]4)c3n2)c1)C1CC1. The van der Waals surface area contributed by atoms with Crippen LogP contribution in [0, 0.1) is 11.7 Å². The lowest BCUT2D eigenvalue weighted by atomic mass is 10.1. The van der Waals surface area contributed by atoms with Gasteiger partial charge in [-0.15, -0.1) is 0 Å². The van der Waals surface area contributed by atoms with E-state index in [-0.39, 0.29) is 17.6 Å². The second kappa shape index (κ2) is 8.30. The number of halogens is 1. The minimum atomic E-state index is -0.345. The molecule has 1 saturated carbocycles. The molecule has 37 heavy (non-hydrogen) atoms. The fraction of sp³-hybridized carbons (Fsp3) is 0.111. The Bertz CT molecular complexity index is 1820. The lowest BCUT2D eigenvalue weighted by Crippen LogP contribution is -2.13. The van der Waals surface area contributed by atoms with E-state index in [4.69, 9.17) is 9.97 Å². The van der Waals surface area contributed by atoms with E-state index in [0.717, 1.165) is 23.9 Å². The third-order valence-electron chi connectivity index (χ3n) is 6.44. The minimum absolute atomic E-state index is 0.0219. The molecule has 1 aliphatic carbocycles. The molecule has 9 nitrogen and oxygen atoms in total. The summed E-state index contributed by atoms with van der Waals surface area (Å²) in [5.74, 6) is 0.264. The summed E-state index contributed by atoms with van der Waals surface area (Å²) in [5.41, 5.74) is 6.20. The Kier molecular flexibility index (Phi) is 4.78. The number of anilines is 1. The van der Waals surface area contributed by atoms with Gasteiger partial charge in [-0.3, -0.25) is 19.9 Å². The summed E-state index contributed by atoms with van der Waals surface area (Å²) in [6.07, 6.45) is 8.44. The number of rotatable bonds is 5. The van der Waals surface area contributed by atoms with E-state index in [1.54, 1.807) is 43.0 Å². The van der Waals surface area contributed by atoms with E-state index >= 15 is 0 Å². The van der Waals surface area contributed by atoms with Crippen LogP contribution in [0.3, 0.4) is 0 Å². The summed E-state index contributed by atoms with van der Waals surface area (Å²) < 4.78 is 14.5. The fourth-order valence-electron chi connectivity index (χ4n) is 4.38. The number of hydrogen-bond acceptors (Lipinski definition) is 6. The zero-order chi connectivity index (χ0) is 24.9. The van der Waals surface area contributed by atoms with Gasteiger partial charge in [-0.05, 0) is 37.1 Å². The molecule has 5 heterocycles. The number of carbonyl (C=O) groups excluding carboxylic acids is 1. The van der Waals surface area contributed by atoms with Crippen LogP contribution in [0.5, 0.6) is 0 Å². The second-order valence-electron chi connectivity index (χ2n) is 9.04. The molecule has 0 aliphatic heterocycles. The van der Waals surface area contributed by atoms with E-state index in [1.165, 1.54) is 6.07 Å². The summed E-state index contributed by atoms with van der Waals surface area (Å²) in [5, 5.41) is 10.4. The molecule has 1 aliphatic rings. The normalized spacial score (nSPS) is 13.3. The molecular weight excluding hydrogens is 471 g/mol. The zero-order valence-electron chi connectivity index (χ0n) is 19.4. The molecule has 0 spiro atoms. The Morgan fingerprint density at radius 3 is 2.65 bits per heavy atom. The van der Waals surface area contributed by atoms with Gasteiger partial charge in [0, 0.05) is 35.0 Å². The van der Waals surface area contributed by atoms with Crippen LogP contribution in [0.1, 0.15) is 12.8 Å². The number of carbonyl (C=O) groups is 1. The minimum Gasteiger partial charge on any atom is -0.335 e. The van der Waals surface area contributed by atoms with Gasteiger partial charge in [0.2, 0.25) is 5.91 Å². The molecule has 0 radical (unpaired) electrons. The van der Waals surface area contributed by atoms with Crippen molar-refractivity contribution in [1.82, 2.24) is 35.1 Å². The molecule has 1 amide bonds. The van der Waals surface area contributed by atoms with Crippen molar-refractivity contribution in [3.8, 4) is 33.9 Å². The highest BCUT2D eigenvalue weighted by atomic mass is 19.1. The molecular formula is C27H19FN8O. The van der Waals surface area contributed by atoms with Gasteiger partial charge in [0.15, 0.2) is 11.5 Å². The van der Waals surface area contributed by atoms with Gasteiger partial charge in [0.05, 0.1) is 34.8 Å². The van der Waals surface area contributed by atoms with Gasteiger partial charge in [-0.1, -0.05) is 18.2 Å². The molecule has 0 atom stereocenters. The van der Waals surface area contributed by atoms with Crippen molar-refractivity contribution in [2.75, 3.05) is 5.32 Å². The molecule has 180 valence electrons. The summed E-state index contributed by atoms with van der Waals surface area (Å²) >= 11 is 0. The van der Waals surface area contributed by atoms with Crippen molar-refractivity contribution in [3.63, 3.8) is 0 Å². The van der Waals surface area contributed by atoms with Gasteiger partial charge in [0.1, 0.15) is 16.9 Å². The molecule has 3 N–H and O–H groups in total. The monoisotopic (exact) mass is 490 g/mol. The Hall–Kier alpha value is -4.99. The number of benzene rings is 1. The Labute approximate surface area is 209 Å². The first-order chi connectivity index (χ1) is 18.1. The topological polar surface area (TPSA) is 125 Å². The van der Waals surface area contributed by atoms with Crippen molar-refractivity contribution in [2.45, 2.75) is 12.8 Å². The maximum absolute atomic E-state index is 14.5. The number of nitrogens with zero attached hydrogens (tertiary/aromatic N) is 5. The zero-order valence-corrected chi connectivity index (χ0v) is 19.4. The number of fused-ring (bicyclic) bond motifs is 2. The largest absolute Gasteiger partial charge is 0.335 e.